The van der Waals surface area contributed by atoms with E-state index in [-0.39, 0.29) is 29.9 Å². The summed E-state index contributed by atoms with van der Waals surface area (Å²) < 4.78 is 26.2. The molecule has 0 bridgehead atoms. The van der Waals surface area contributed by atoms with Crippen molar-refractivity contribution in [1.82, 2.24) is 14.5 Å². The highest BCUT2D eigenvalue weighted by atomic mass is 19.1. The number of fused-ring (bicyclic) bond motifs is 1. The van der Waals surface area contributed by atoms with E-state index in [1.165, 1.54) is 18.4 Å². The standard InChI is InChI=1S/C20H20FN3O3/c1-20(2)17-7-4-8-23(17)9-10-24(20)19(25)16-12-27-18(22-16)13-26-15-6-3-5-14(21)11-15/h3-8,11-12H,9-10,13H2,1-2H3. The molecule has 2 aromatic heterocycles. The maximum atomic E-state index is 13.2. The third kappa shape index (κ3) is 3.20. The lowest BCUT2D eigenvalue weighted by Crippen LogP contribution is -2.51. The molecule has 0 fully saturated rings. The van der Waals surface area contributed by atoms with Crippen molar-refractivity contribution < 1.29 is 18.3 Å². The van der Waals surface area contributed by atoms with Gasteiger partial charge in [-0.3, -0.25) is 4.79 Å². The fourth-order valence-corrected chi connectivity index (χ4v) is 3.46. The van der Waals surface area contributed by atoms with Crippen LogP contribution in [0.2, 0.25) is 0 Å². The summed E-state index contributed by atoms with van der Waals surface area (Å²) in [7, 11) is 0. The molecule has 4 rings (SSSR count). The van der Waals surface area contributed by atoms with Gasteiger partial charge in [0.15, 0.2) is 12.3 Å². The Morgan fingerprint density at radius 1 is 1.30 bits per heavy atom. The van der Waals surface area contributed by atoms with Gasteiger partial charge in [0.2, 0.25) is 5.89 Å². The highest BCUT2D eigenvalue weighted by molar-refractivity contribution is 5.92. The number of hydrogen-bond donors (Lipinski definition) is 0. The Balaban J connectivity index is 1.47. The normalized spacial score (nSPS) is 15.4. The van der Waals surface area contributed by atoms with Crippen LogP contribution in [0, 0.1) is 5.82 Å². The summed E-state index contributed by atoms with van der Waals surface area (Å²) in [5, 5.41) is 0. The molecule has 0 radical (unpaired) electrons. The quantitative estimate of drug-likeness (QED) is 0.705. The number of benzene rings is 1. The number of oxazole rings is 1. The van der Waals surface area contributed by atoms with E-state index in [4.69, 9.17) is 9.15 Å². The number of rotatable bonds is 4. The summed E-state index contributed by atoms with van der Waals surface area (Å²) in [6, 6.07) is 9.84. The molecule has 0 saturated carbocycles. The van der Waals surface area contributed by atoms with Crippen LogP contribution in [0.3, 0.4) is 0 Å². The zero-order chi connectivity index (χ0) is 19.0. The highest BCUT2D eigenvalue weighted by Crippen LogP contribution is 2.33. The van der Waals surface area contributed by atoms with Crippen molar-refractivity contribution in [2.75, 3.05) is 6.54 Å². The Hall–Kier alpha value is -3.09. The molecule has 0 saturated heterocycles. The van der Waals surface area contributed by atoms with Crippen molar-refractivity contribution in [3.63, 3.8) is 0 Å². The van der Waals surface area contributed by atoms with Crippen LogP contribution in [0.1, 0.15) is 35.9 Å². The molecule has 0 atom stereocenters. The van der Waals surface area contributed by atoms with Crippen LogP contribution in [0.5, 0.6) is 5.75 Å². The second kappa shape index (κ2) is 6.57. The predicted molar refractivity (Wildman–Crippen MR) is 95.7 cm³/mol. The van der Waals surface area contributed by atoms with Crippen molar-refractivity contribution in [3.05, 3.63) is 72.0 Å². The molecule has 1 amide bonds. The van der Waals surface area contributed by atoms with E-state index in [1.54, 1.807) is 17.0 Å². The van der Waals surface area contributed by atoms with Crippen LogP contribution in [0.25, 0.3) is 0 Å². The molecule has 1 aliphatic heterocycles. The van der Waals surface area contributed by atoms with E-state index in [2.05, 4.69) is 9.55 Å². The first kappa shape index (κ1) is 17.3. The van der Waals surface area contributed by atoms with Crippen molar-refractivity contribution in [1.29, 1.82) is 0 Å². The molecular formula is C20H20FN3O3. The number of nitrogens with zero attached hydrogens (tertiary/aromatic N) is 3. The van der Waals surface area contributed by atoms with Gasteiger partial charge in [-0.1, -0.05) is 6.07 Å². The second-order valence-corrected chi connectivity index (χ2v) is 6.98. The third-order valence-electron chi connectivity index (χ3n) is 4.87. The third-order valence-corrected chi connectivity index (χ3v) is 4.87. The van der Waals surface area contributed by atoms with Crippen LogP contribution >= 0.6 is 0 Å². The zero-order valence-electron chi connectivity index (χ0n) is 15.2. The molecule has 7 heteroatoms. The van der Waals surface area contributed by atoms with Gasteiger partial charge in [0.25, 0.3) is 5.91 Å². The van der Waals surface area contributed by atoms with Crippen LogP contribution in [-0.4, -0.2) is 26.9 Å². The number of aromatic nitrogens is 2. The first-order valence-corrected chi connectivity index (χ1v) is 8.75. The molecule has 6 nitrogen and oxygen atoms in total. The number of carbonyl (C=O) groups is 1. The largest absolute Gasteiger partial charge is 0.484 e. The molecule has 0 unspecified atom stereocenters. The maximum Gasteiger partial charge on any atom is 0.276 e. The molecule has 1 aliphatic rings. The Kier molecular flexibility index (Phi) is 4.22. The number of hydrogen-bond acceptors (Lipinski definition) is 4. The van der Waals surface area contributed by atoms with Crippen LogP contribution in [-0.2, 0) is 18.7 Å². The Labute approximate surface area is 156 Å². The van der Waals surface area contributed by atoms with E-state index >= 15 is 0 Å². The molecule has 3 heterocycles. The Bertz CT molecular complexity index is 976. The number of carbonyl (C=O) groups excluding carboxylic acids is 1. The summed E-state index contributed by atoms with van der Waals surface area (Å²) in [5.41, 5.74) is 0.872. The molecule has 1 aromatic carbocycles. The summed E-state index contributed by atoms with van der Waals surface area (Å²) in [4.78, 5) is 19.0. The molecule has 0 spiro atoms. The van der Waals surface area contributed by atoms with Crippen LogP contribution in [0.4, 0.5) is 4.39 Å². The summed E-state index contributed by atoms with van der Waals surface area (Å²) in [5.74, 6) is 0.0702. The van der Waals surface area contributed by atoms with E-state index in [0.717, 1.165) is 12.2 Å². The first-order chi connectivity index (χ1) is 12.9. The van der Waals surface area contributed by atoms with Gasteiger partial charge in [-0.2, -0.15) is 0 Å². The smallest absolute Gasteiger partial charge is 0.276 e. The average molecular weight is 369 g/mol. The maximum absolute atomic E-state index is 13.2. The zero-order valence-corrected chi connectivity index (χ0v) is 15.2. The topological polar surface area (TPSA) is 60.5 Å². The highest BCUT2D eigenvalue weighted by Gasteiger charge is 2.38. The van der Waals surface area contributed by atoms with Crippen LogP contribution < -0.4 is 4.74 Å². The molecular weight excluding hydrogens is 349 g/mol. The van der Waals surface area contributed by atoms with Gasteiger partial charge in [0.05, 0.1) is 5.54 Å². The summed E-state index contributed by atoms with van der Waals surface area (Å²) in [6.45, 7) is 5.39. The molecule has 0 aliphatic carbocycles. The van der Waals surface area contributed by atoms with E-state index in [9.17, 15) is 9.18 Å². The van der Waals surface area contributed by atoms with E-state index in [0.29, 0.717) is 12.3 Å². The van der Waals surface area contributed by atoms with Crippen molar-refractivity contribution in [2.24, 2.45) is 0 Å². The molecule has 27 heavy (non-hydrogen) atoms. The monoisotopic (exact) mass is 369 g/mol. The Morgan fingerprint density at radius 3 is 2.96 bits per heavy atom. The van der Waals surface area contributed by atoms with Gasteiger partial charge in [-0.15, -0.1) is 0 Å². The Morgan fingerprint density at radius 2 is 2.15 bits per heavy atom. The molecule has 0 N–H and O–H groups in total. The van der Waals surface area contributed by atoms with Gasteiger partial charge in [0, 0.05) is 31.0 Å². The lowest BCUT2D eigenvalue weighted by molar-refractivity contribution is 0.0441. The van der Waals surface area contributed by atoms with E-state index < -0.39 is 5.54 Å². The minimum absolute atomic E-state index is 0.0168. The summed E-state index contributed by atoms with van der Waals surface area (Å²) >= 11 is 0. The van der Waals surface area contributed by atoms with Crippen LogP contribution in [0.15, 0.2) is 53.3 Å². The summed E-state index contributed by atoms with van der Waals surface area (Å²) in [6.07, 6.45) is 3.37. The fraction of sp³-hybridized carbons (Fsp3) is 0.300. The molecule has 140 valence electrons. The number of amides is 1. The van der Waals surface area contributed by atoms with Crippen molar-refractivity contribution >= 4 is 5.91 Å². The van der Waals surface area contributed by atoms with Crippen molar-refractivity contribution in [2.45, 2.75) is 32.5 Å². The van der Waals surface area contributed by atoms with Gasteiger partial charge < -0.3 is 18.6 Å². The minimum atomic E-state index is -0.448. The van der Waals surface area contributed by atoms with Gasteiger partial charge in [-0.25, -0.2) is 9.37 Å². The number of halogens is 1. The fourth-order valence-electron chi connectivity index (χ4n) is 3.46. The average Bonchev–Trinajstić information content (AvgIpc) is 3.29. The molecule has 3 aromatic rings. The lowest BCUT2D eigenvalue weighted by Gasteiger charge is -2.43. The lowest BCUT2D eigenvalue weighted by atomic mass is 9.95. The van der Waals surface area contributed by atoms with Gasteiger partial charge >= 0.3 is 0 Å². The number of ether oxygens (including phenoxy) is 1. The van der Waals surface area contributed by atoms with E-state index in [1.807, 2.05) is 32.2 Å². The minimum Gasteiger partial charge on any atom is -0.484 e. The SMILES string of the molecule is CC1(C)c2cccn2CCN1C(=O)c1coc(COc2cccc(F)c2)n1. The van der Waals surface area contributed by atoms with Gasteiger partial charge in [-0.05, 0) is 38.1 Å². The van der Waals surface area contributed by atoms with Gasteiger partial charge in [0.1, 0.15) is 17.8 Å². The van der Waals surface area contributed by atoms with Crippen molar-refractivity contribution in [3.8, 4) is 5.75 Å². The second-order valence-electron chi connectivity index (χ2n) is 6.98. The first-order valence-electron chi connectivity index (χ1n) is 8.75. The predicted octanol–water partition coefficient (Wildman–Crippen LogP) is 3.59.